The average Bonchev–Trinajstić information content (AvgIpc) is 2.70. The van der Waals surface area contributed by atoms with Gasteiger partial charge in [0.05, 0.1) is 5.92 Å². The molecule has 4 amide bonds. The SMILES string of the molecule is C=CCNC(=O)NC(=O)COC(=O)C1CCN(C(=O)c2ccc(F)cc2)CC1. The molecular formula is C19H22FN3O5. The van der Waals surface area contributed by atoms with E-state index in [0.717, 1.165) is 0 Å². The first kappa shape index (κ1) is 21.1. The summed E-state index contributed by atoms with van der Waals surface area (Å²) in [4.78, 5) is 48.9. The largest absolute Gasteiger partial charge is 0.455 e. The van der Waals surface area contributed by atoms with Crippen molar-refractivity contribution in [2.45, 2.75) is 12.8 Å². The standard InChI is InChI=1S/C19H22FN3O5/c1-2-9-21-19(27)22-16(24)12-28-18(26)14-7-10-23(11-8-14)17(25)13-3-5-15(20)6-4-13/h2-6,14H,1,7-12H2,(H2,21,22,24,27). The monoisotopic (exact) mass is 391 g/mol. The normalized spacial score (nSPS) is 14.1. The molecule has 28 heavy (non-hydrogen) atoms. The fraction of sp³-hybridized carbons (Fsp3) is 0.368. The highest BCUT2D eigenvalue weighted by Crippen LogP contribution is 2.20. The second kappa shape index (κ2) is 10.2. The Morgan fingerprint density at radius 2 is 1.82 bits per heavy atom. The molecule has 1 heterocycles. The number of amides is 4. The van der Waals surface area contributed by atoms with Crippen LogP contribution in [-0.2, 0) is 14.3 Å². The Morgan fingerprint density at radius 1 is 1.18 bits per heavy atom. The lowest BCUT2D eigenvalue weighted by molar-refractivity contribution is -0.153. The van der Waals surface area contributed by atoms with Crippen LogP contribution >= 0.6 is 0 Å². The molecular weight excluding hydrogens is 369 g/mol. The van der Waals surface area contributed by atoms with Gasteiger partial charge in [0.2, 0.25) is 0 Å². The van der Waals surface area contributed by atoms with Gasteiger partial charge in [0.1, 0.15) is 5.82 Å². The first-order valence-corrected chi connectivity index (χ1v) is 8.80. The van der Waals surface area contributed by atoms with Crippen molar-refractivity contribution in [3.8, 4) is 0 Å². The van der Waals surface area contributed by atoms with Crippen molar-refractivity contribution < 1.29 is 28.3 Å². The fourth-order valence-electron chi connectivity index (χ4n) is 2.72. The van der Waals surface area contributed by atoms with Crippen LogP contribution in [0, 0.1) is 11.7 Å². The Morgan fingerprint density at radius 3 is 2.43 bits per heavy atom. The number of benzene rings is 1. The number of piperidine rings is 1. The molecule has 0 atom stereocenters. The van der Waals surface area contributed by atoms with Crippen molar-refractivity contribution in [3.63, 3.8) is 0 Å². The lowest BCUT2D eigenvalue weighted by Crippen LogP contribution is -2.43. The van der Waals surface area contributed by atoms with Crippen molar-refractivity contribution in [2.24, 2.45) is 5.92 Å². The van der Waals surface area contributed by atoms with Crippen molar-refractivity contribution in [3.05, 3.63) is 48.3 Å². The van der Waals surface area contributed by atoms with Crippen molar-refractivity contribution in [1.82, 2.24) is 15.5 Å². The molecule has 1 aromatic rings. The predicted octanol–water partition coefficient (Wildman–Crippen LogP) is 1.23. The van der Waals surface area contributed by atoms with Gasteiger partial charge in [0.25, 0.3) is 11.8 Å². The van der Waals surface area contributed by atoms with E-state index in [0.29, 0.717) is 31.5 Å². The van der Waals surface area contributed by atoms with Crippen LogP contribution in [0.4, 0.5) is 9.18 Å². The van der Waals surface area contributed by atoms with E-state index < -0.39 is 36.2 Å². The van der Waals surface area contributed by atoms with Gasteiger partial charge in [-0.2, -0.15) is 0 Å². The molecule has 9 heteroatoms. The number of urea groups is 1. The third kappa shape index (κ3) is 6.19. The van der Waals surface area contributed by atoms with Crippen LogP contribution in [0.25, 0.3) is 0 Å². The average molecular weight is 391 g/mol. The molecule has 8 nitrogen and oxygen atoms in total. The van der Waals surface area contributed by atoms with Gasteiger partial charge in [-0.3, -0.25) is 19.7 Å². The quantitative estimate of drug-likeness (QED) is 0.561. The van der Waals surface area contributed by atoms with Gasteiger partial charge in [-0.15, -0.1) is 6.58 Å². The number of hydrogen-bond acceptors (Lipinski definition) is 5. The van der Waals surface area contributed by atoms with Crippen LogP contribution < -0.4 is 10.6 Å². The highest BCUT2D eigenvalue weighted by atomic mass is 19.1. The number of likely N-dealkylation sites (tertiary alicyclic amines) is 1. The van der Waals surface area contributed by atoms with E-state index in [1.54, 1.807) is 4.90 Å². The lowest BCUT2D eigenvalue weighted by Gasteiger charge is -2.31. The van der Waals surface area contributed by atoms with E-state index in [1.807, 2.05) is 5.32 Å². The molecule has 150 valence electrons. The number of nitrogens with one attached hydrogen (secondary N) is 2. The Bertz CT molecular complexity index is 742. The minimum atomic E-state index is -0.737. The van der Waals surface area contributed by atoms with E-state index in [1.165, 1.54) is 30.3 Å². The molecule has 0 aliphatic carbocycles. The van der Waals surface area contributed by atoms with Crippen molar-refractivity contribution in [1.29, 1.82) is 0 Å². The molecule has 1 fully saturated rings. The Labute approximate surface area is 161 Å². The number of esters is 1. The number of carbonyl (C=O) groups excluding carboxylic acids is 4. The molecule has 2 N–H and O–H groups in total. The smallest absolute Gasteiger partial charge is 0.321 e. The summed E-state index contributed by atoms with van der Waals surface area (Å²) in [7, 11) is 0. The molecule has 0 unspecified atom stereocenters. The Kier molecular flexibility index (Phi) is 7.67. The summed E-state index contributed by atoms with van der Waals surface area (Å²) in [5.41, 5.74) is 0.383. The highest BCUT2D eigenvalue weighted by Gasteiger charge is 2.29. The summed E-state index contributed by atoms with van der Waals surface area (Å²) in [6, 6.07) is 4.58. The maximum absolute atomic E-state index is 13.0. The maximum atomic E-state index is 13.0. The molecule has 0 saturated carbocycles. The van der Waals surface area contributed by atoms with Crippen LogP contribution in [-0.4, -0.2) is 55.0 Å². The molecule has 1 aromatic carbocycles. The van der Waals surface area contributed by atoms with Crippen molar-refractivity contribution >= 4 is 23.8 Å². The van der Waals surface area contributed by atoms with Crippen molar-refractivity contribution in [2.75, 3.05) is 26.2 Å². The third-order valence-electron chi connectivity index (χ3n) is 4.21. The number of halogens is 1. The number of rotatable bonds is 6. The number of imide groups is 1. The van der Waals surface area contributed by atoms with Gasteiger partial charge in [-0.05, 0) is 37.1 Å². The van der Waals surface area contributed by atoms with Gasteiger partial charge in [0.15, 0.2) is 6.61 Å². The van der Waals surface area contributed by atoms with E-state index in [2.05, 4.69) is 11.9 Å². The van der Waals surface area contributed by atoms with E-state index >= 15 is 0 Å². The summed E-state index contributed by atoms with van der Waals surface area (Å²) >= 11 is 0. The maximum Gasteiger partial charge on any atom is 0.321 e. The highest BCUT2D eigenvalue weighted by molar-refractivity contribution is 5.96. The minimum Gasteiger partial charge on any atom is -0.455 e. The topological polar surface area (TPSA) is 105 Å². The summed E-state index contributed by atoms with van der Waals surface area (Å²) < 4.78 is 17.9. The summed E-state index contributed by atoms with van der Waals surface area (Å²) in [5.74, 6) is -2.36. The summed E-state index contributed by atoms with van der Waals surface area (Å²) in [5, 5.41) is 4.38. The van der Waals surface area contributed by atoms with E-state index in [4.69, 9.17) is 4.74 Å². The van der Waals surface area contributed by atoms with Gasteiger partial charge >= 0.3 is 12.0 Å². The molecule has 1 aliphatic rings. The molecule has 0 radical (unpaired) electrons. The summed E-state index contributed by atoms with van der Waals surface area (Å²) in [6.45, 7) is 3.77. The van der Waals surface area contributed by atoms with Crippen LogP contribution in [0.2, 0.25) is 0 Å². The molecule has 0 spiro atoms. The summed E-state index contributed by atoms with van der Waals surface area (Å²) in [6.07, 6.45) is 2.25. The van der Waals surface area contributed by atoms with Crippen LogP contribution in [0.3, 0.4) is 0 Å². The third-order valence-corrected chi connectivity index (χ3v) is 4.21. The molecule has 1 saturated heterocycles. The Hall–Kier alpha value is -3.23. The molecule has 0 aromatic heterocycles. The van der Waals surface area contributed by atoms with Crippen LogP contribution in [0.5, 0.6) is 0 Å². The second-order valence-corrected chi connectivity index (χ2v) is 6.23. The van der Waals surface area contributed by atoms with E-state index in [9.17, 15) is 23.6 Å². The predicted molar refractivity (Wildman–Crippen MR) is 97.7 cm³/mol. The van der Waals surface area contributed by atoms with E-state index in [-0.39, 0.29) is 12.5 Å². The van der Waals surface area contributed by atoms with Gasteiger partial charge in [0, 0.05) is 25.2 Å². The second-order valence-electron chi connectivity index (χ2n) is 6.23. The number of hydrogen-bond donors (Lipinski definition) is 2. The Balaban J connectivity index is 1.73. The zero-order valence-electron chi connectivity index (χ0n) is 15.3. The van der Waals surface area contributed by atoms with Gasteiger partial charge in [-0.1, -0.05) is 6.08 Å². The molecule has 1 aliphatic heterocycles. The van der Waals surface area contributed by atoms with Gasteiger partial charge in [-0.25, -0.2) is 9.18 Å². The minimum absolute atomic E-state index is 0.202. The first-order chi connectivity index (χ1) is 13.4. The van der Waals surface area contributed by atoms with Gasteiger partial charge < -0.3 is 15.0 Å². The zero-order valence-corrected chi connectivity index (χ0v) is 15.3. The molecule has 2 rings (SSSR count). The van der Waals surface area contributed by atoms with Crippen LogP contribution in [0.15, 0.2) is 36.9 Å². The zero-order chi connectivity index (χ0) is 20.5. The molecule has 0 bridgehead atoms. The number of nitrogens with zero attached hydrogens (tertiary/aromatic N) is 1. The lowest BCUT2D eigenvalue weighted by atomic mass is 9.96. The fourth-order valence-corrected chi connectivity index (χ4v) is 2.72. The number of carbonyl (C=O) groups is 4. The number of ether oxygens (including phenoxy) is 1. The van der Waals surface area contributed by atoms with Crippen LogP contribution in [0.1, 0.15) is 23.2 Å². The first-order valence-electron chi connectivity index (χ1n) is 8.80.